The largest absolute Gasteiger partial charge is 0.496 e. The first-order valence-electron chi connectivity index (χ1n) is 9.61. The van der Waals surface area contributed by atoms with Crippen molar-refractivity contribution >= 4 is 5.91 Å². The van der Waals surface area contributed by atoms with Gasteiger partial charge in [-0.2, -0.15) is 4.98 Å². The summed E-state index contributed by atoms with van der Waals surface area (Å²) in [5, 5.41) is 4.10. The minimum Gasteiger partial charge on any atom is -0.496 e. The van der Waals surface area contributed by atoms with E-state index in [0.717, 1.165) is 24.0 Å². The maximum Gasteiger partial charge on any atom is 0.261 e. The molecule has 2 aromatic carbocycles. The van der Waals surface area contributed by atoms with Gasteiger partial charge in [0.05, 0.1) is 12.7 Å². The van der Waals surface area contributed by atoms with Gasteiger partial charge in [0.1, 0.15) is 17.5 Å². The van der Waals surface area contributed by atoms with E-state index in [9.17, 15) is 4.79 Å². The van der Waals surface area contributed by atoms with E-state index in [0.29, 0.717) is 29.8 Å². The van der Waals surface area contributed by atoms with Crippen LogP contribution in [0.2, 0.25) is 0 Å². The SMILES string of the molecule is COc1ccccc1-c1noc([C@@H]2CCCN2C(=O)COc2cccc(C)c2)n1. The van der Waals surface area contributed by atoms with Crippen molar-refractivity contribution in [3.63, 3.8) is 0 Å². The molecule has 4 rings (SSSR count). The van der Waals surface area contributed by atoms with Crippen LogP contribution in [-0.2, 0) is 4.79 Å². The highest BCUT2D eigenvalue weighted by Crippen LogP contribution is 2.34. The number of likely N-dealkylation sites (tertiary alicyclic amines) is 1. The number of carbonyl (C=O) groups is 1. The van der Waals surface area contributed by atoms with Gasteiger partial charge < -0.3 is 18.9 Å². The Kier molecular flexibility index (Phi) is 5.46. The van der Waals surface area contributed by atoms with E-state index in [2.05, 4.69) is 10.1 Å². The molecule has 1 aromatic heterocycles. The van der Waals surface area contributed by atoms with Gasteiger partial charge in [-0.1, -0.05) is 29.4 Å². The number of carbonyl (C=O) groups excluding carboxylic acids is 1. The zero-order valence-electron chi connectivity index (χ0n) is 16.5. The predicted octanol–water partition coefficient (Wildman–Crippen LogP) is 3.80. The summed E-state index contributed by atoms with van der Waals surface area (Å²) in [5.74, 6) is 2.15. The van der Waals surface area contributed by atoms with Gasteiger partial charge in [0.25, 0.3) is 5.91 Å². The molecule has 1 atom stereocenters. The van der Waals surface area contributed by atoms with E-state index in [4.69, 9.17) is 14.0 Å². The summed E-state index contributed by atoms with van der Waals surface area (Å²) in [5.41, 5.74) is 1.84. The molecule has 0 spiro atoms. The molecule has 3 aromatic rings. The van der Waals surface area contributed by atoms with Crippen LogP contribution >= 0.6 is 0 Å². The first-order chi connectivity index (χ1) is 14.2. The van der Waals surface area contributed by atoms with Gasteiger partial charge in [-0.25, -0.2) is 0 Å². The number of ether oxygens (including phenoxy) is 2. The lowest BCUT2D eigenvalue weighted by molar-refractivity contribution is -0.134. The molecule has 2 heterocycles. The number of amides is 1. The Balaban J connectivity index is 1.47. The topological polar surface area (TPSA) is 77.7 Å². The molecule has 1 saturated heterocycles. The molecule has 1 aliphatic heterocycles. The van der Waals surface area contributed by atoms with Crippen molar-refractivity contribution < 1.29 is 18.8 Å². The van der Waals surface area contributed by atoms with Gasteiger partial charge in [-0.3, -0.25) is 4.79 Å². The number of hydrogen-bond acceptors (Lipinski definition) is 6. The van der Waals surface area contributed by atoms with E-state index < -0.39 is 0 Å². The average molecular weight is 393 g/mol. The molecular formula is C22H23N3O4. The minimum absolute atomic E-state index is 0.0204. The molecule has 29 heavy (non-hydrogen) atoms. The molecule has 0 bridgehead atoms. The summed E-state index contributed by atoms with van der Waals surface area (Å²) in [7, 11) is 1.60. The van der Waals surface area contributed by atoms with Crippen LogP contribution in [0.3, 0.4) is 0 Å². The molecular weight excluding hydrogens is 370 g/mol. The van der Waals surface area contributed by atoms with Gasteiger partial charge in [0.2, 0.25) is 11.7 Å². The molecule has 1 aliphatic rings. The second kappa shape index (κ2) is 8.34. The summed E-state index contributed by atoms with van der Waals surface area (Å²) in [6, 6.07) is 14.9. The maximum absolute atomic E-state index is 12.8. The monoisotopic (exact) mass is 393 g/mol. The average Bonchev–Trinajstić information content (AvgIpc) is 3.41. The van der Waals surface area contributed by atoms with E-state index >= 15 is 0 Å². The molecule has 7 heteroatoms. The van der Waals surface area contributed by atoms with E-state index in [-0.39, 0.29) is 18.6 Å². The summed E-state index contributed by atoms with van der Waals surface area (Å²) >= 11 is 0. The second-order valence-electron chi connectivity index (χ2n) is 7.01. The van der Waals surface area contributed by atoms with Crippen LogP contribution in [0, 0.1) is 6.92 Å². The summed E-state index contributed by atoms with van der Waals surface area (Å²) in [6.07, 6.45) is 1.66. The Morgan fingerprint density at radius 2 is 2.10 bits per heavy atom. The predicted molar refractivity (Wildman–Crippen MR) is 107 cm³/mol. The van der Waals surface area contributed by atoms with Crippen molar-refractivity contribution in [1.82, 2.24) is 15.0 Å². The van der Waals surface area contributed by atoms with Gasteiger partial charge in [-0.05, 0) is 49.6 Å². The third-order valence-electron chi connectivity index (χ3n) is 5.00. The van der Waals surface area contributed by atoms with Crippen molar-refractivity contribution in [3.05, 3.63) is 60.0 Å². The quantitative estimate of drug-likeness (QED) is 0.634. The fourth-order valence-electron chi connectivity index (χ4n) is 3.56. The second-order valence-corrected chi connectivity index (χ2v) is 7.01. The number of para-hydroxylation sites is 1. The van der Waals surface area contributed by atoms with Crippen LogP contribution < -0.4 is 9.47 Å². The summed E-state index contributed by atoms with van der Waals surface area (Å²) in [4.78, 5) is 19.1. The summed E-state index contributed by atoms with van der Waals surface area (Å²) in [6.45, 7) is 2.61. The summed E-state index contributed by atoms with van der Waals surface area (Å²) < 4.78 is 16.6. The lowest BCUT2D eigenvalue weighted by Gasteiger charge is -2.21. The molecule has 0 radical (unpaired) electrons. The van der Waals surface area contributed by atoms with E-state index in [1.807, 2.05) is 55.5 Å². The van der Waals surface area contributed by atoms with Gasteiger partial charge >= 0.3 is 0 Å². The smallest absolute Gasteiger partial charge is 0.261 e. The highest BCUT2D eigenvalue weighted by molar-refractivity contribution is 5.78. The van der Waals surface area contributed by atoms with Gasteiger partial charge in [0.15, 0.2) is 6.61 Å². The first-order valence-corrected chi connectivity index (χ1v) is 9.61. The highest BCUT2D eigenvalue weighted by Gasteiger charge is 2.34. The Morgan fingerprint density at radius 3 is 2.93 bits per heavy atom. The van der Waals surface area contributed by atoms with Crippen LogP contribution in [-0.4, -0.2) is 41.2 Å². The normalized spacial score (nSPS) is 16.1. The number of nitrogens with zero attached hydrogens (tertiary/aromatic N) is 3. The van der Waals surface area contributed by atoms with Crippen LogP contribution in [0.1, 0.15) is 30.3 Å². The Bertz CT molecular complexity index is 1000. The van der Waals surface area contributed by atoms with Crippen molar-refractivity contribution in [1.29, 1.82) is 0 Å². The minimum atomic E-state index is -0.237. The number of methoxy groups -OCH3 is 1. The molecule has 150 valence electrons. The standard InChI is InChI=1S/C22H23N3O4/c1-15-7-5-8-16(13-15)28-14-20(26)25-12-6-10-18(25)22-23-21(24-29-22)17-9-3-4-11-19(17)27-2/h3-5,7-9,11,13,18H,6,10,12,14H2,1-2H3/t18-/m0/s1. The zero-order valence-corrected chi connectivity index (χ0v) is 16.5. The highest BCUT2D eigenvalue weighted by atomic mass is 16.5. The van der Waals surface area contributed by atoms with Gasteiger partial charge in [-0.15, -0.1) is 0 Å². The number of aryl methyl sites for hydroxylation is 1. The Hall–Kier alpha value is -3.35. The molecule has 7 nitrogen and oxygen atoms in total. The fraction of sp³-hybridized carbons (Fsp3) is 0.318. The molecule has 0 N–H and O–H groups in total. The molecule has 1 amide bonds. The molecule has 0 aliphatic carbocycles. The van der Waals surface area contributed by atoms with Crippen LogP contribution in [0.15, 0.2) is 53.1 Å². The van der Waals surface area contributed by atoms with Crippen molar-refractivity contribution in [2.75, 3.05) is 20.3 Å². The lowest BCUT2D eigenvalue weighted by Crippen LogP contribution is -2.34. The Morgan fingerprint density at radius 1 is 1.24 bits per heavy atom. The maximum atomic E-state index is 12.8. The third kappa shape index (κ3) is 4.08. The lowest BCUT2D eigenvalue weighted by atomic mass is 10.2. The molecule has 1 fully saturated rings. The van der Waals surface area contributed by atoms with E-state index in [1.165, 1.54) is 0 Å². The van der Waals surface area contributed by atoms with Crippen LogP contribution in [0.5, 0.6) is 11.5 Å². The number of aromatic nitrogens is 2. The van der Waals surface area contributed by atoms with Crippen molar-refractivity contribution in [2.24, 2.45) is 0 Å². The Labute approximate surface area is 169 Å². The third-order valence-corrected chi connectivity index (χ3v) is 5.00. The van der Waals surface area contributed by atoms with Crippen molar-refractivity contribution in [2.45, 2.75) is 25.8 Å². The zero-order chi connectivity index (χ0) is 20.2. The molecule has 0 saturated carbocycles. The molecule has 0 unspecified atom stereocenters. The van der Waals surface area contributed by atoms with Crippen LogP contribution in [0.4, 0.5) is 0 Å². The number of benzene rings is 2. The van der Waals surface area contributed by atoms with E-state index in [1.54, 1.807) is 12.0 Å². The van der Waals surface area contributed by atoms with Crippen LogP contribution in [0.25, 0.3) is 11.4 Å². The first kappa shape index (κ1) is 19.0. The van der Waals surface area contributed by atoms with Gasteiger partial charge in [0, 0.05) is 6.54 Å². The number of rotatable bonds is 6. The van der Waals surface area contributed by atoms with Crippen molar-refractivity contribution in [3.8, 4) is 22.9 Å². The number of hydrogen-bond donors (Lipinski definition) is 0. The fourth-order valence-corrected chi connectivity index (χ4v) is 3.56.